The van der Waals surface area contributed by atoms with Crippen LogP contribution in [0.3, 0.4) is 0 Å². The summed E-state index contributed by atoms with van der Waals surface area (Å²) in [6, 6.07) is 6.00. The first kappa shape index (κ1) is 15.3. The van der Waals surface area contributed by atoms with Gasteiger partial charge < -0.3 is 5.32 Å². The highest BCUT2D eigenvalue weighted by Crippen LogP contribution is 2.25. The van der Waals surface area contributed by atoms with Gasteiger partial charge in [0, 0.05) is 10.9 Å². The second-order valence-electron chi connectivity index (χ2n) is 5.15. The van der Waals surface area contributed by atoms with Crippen LogP contribution in [-0.4, -0.2) is 11.9 Å². The number of thiophene rings is 1. The van der Waals surface area contributed by atoms with Gasteiger partial charge in [0.05, 0.1) is 3.79 Å². The molecule has 5 heteroatoms. The maximum Gasteiger partial charge on any atom is 0.262 e. The summed E-state index contributed by atoms with van der Waals surface area (Å²) in [5.41, 5.74) is 0.178. The molecular formula is C15H17BrN2OS. The van der Waals surface area contributed by atoms with Crippen LogP contribution in [0, 0.1) is 17.2 Å². The van der Waals surface area contributed by atoms with Gasteiger partial charge in [0.2, 0.25) is 0 Å². The Morgan fingerprint density at radius 3 is 2.85 bits per heavy atom. The molecule has 1 N–H and O–H groups in total. The maximum atomic E-state index is 12.2. The van der Waals surface area contributed by atoms with Gasteiger partial charge in [-0.3, -0.25) is 4.79 Å². The molecule has 1 aromatic rings. The molecule has 0 bridgehead atoms. The van der Waals surface area contributed by atoms with Gasteiger partial charge in [-0.25, -0.2) is 0 Å². The van der Waals surface area contributed by atoms with Gasteiger partial charge >= 0.3 is 0 Å². The molecule has 2 atom stereocenters. The molecule has 0 radical (unpaired) electrons. The van der Waals surface area contributed by atoms with Crippen molar-refractivity contribution in [3.63, 3.8) is 0 Å². The standard InChI is InChI=1S/C15H17BrN2OS/c1-10-4-2-3-5-13(10)18-15(19)11(9-17)8-12-6-7-14(16)20-12/h6-8,10,13H,2-5H2,1H3,(H,18,19)/b11-8+/t10-,13-/m0/s1. The largest absolute Gasteiger partial charge is 0.348 e. The summed E-state index contributed by atoms with van der Waals surface area (Å²) in [6.45, 7) is 2.16. The van der Waals surface area contributed by atoms with Gasteiger partial charge in [-0.2, -0.15) is 5.26 Å². The lowest BCUT2D eigenvalue weighted by Gasteiger charge is -2.29. The monoisotopic (exact) mass is 352 g/mol. The highest BCUT2D eigenvalue weighted by atomic mass is 79.9. The molecule has 0 saturated heterocycles. The molecule has 1 aliphatic rings. The molecule has 3 nitrogen and oxygen atoms in total. The first-order chi connectivity index (χ1) is 9.60. The zero-order valence-electron chi connectivity index (χ0n) is 11.4. The lowest BCUT2D eigenvalue weighted by Crippen LogP contribution is -2.41. The smallest absolute Gasteiger partial charge is 0.262 e. The van der Waals surface area contributed by atoms with E-state index in [1.165, 1.54) is 17.8 Å². The van der Waals surface area contributed by atoms with Crippen molar-refractivity contribution in [3.05, 3.63) is 26.4 Å². The number of nitrogens with one attached hydrogen (secondary N) is 1. The van der Waals surface area contributed by atoms with Crippen LogP contribution in [-0.2, 0) is 4.79 Å². The molecule has 106 valence electrons. The Morgan fingerprint density at radius 2 is 2.25 bits per heavy atom. The summed E-state index contributed by atoms with van der Waals surface area (Å²) < 4.78 is 0.988. The zero-order valence-corrected chi connectivity index (χ0v) is 13.8. The SMILES string of the molecule is C[C@H]1CCCC[C@@H]1NC(=O)/C(C#N)=C/c1ccc(Br)s1. The summed E-state index contributed by atoms with van der Waals surface area (Å²) in [5, 5.41) is 12.2. The molecule has 1 heterocycles. The van der Waals surface area contributed by atoms with Crippen molar-refractivity contribution in [2.75, 3.05) is 0 Å². The van der Waals surface area contributed by atoms with E-state index in [9.17, 15) is 10.1 Å². The van der Waals surface area contributed by atoms with Crippen LogP contribution in [0.15, 0.2) is 21.5 Å². The quantitative estimate of drug-likeness (QED) is 0.657. The molecule has 1 amide bonds. The number of hydrogen-bond acceptors (Lipinski definition) is 3. The Balaban J connectivity index is 2.06. The van der Waals surface area contributed by atoms with E-state index >= 15 is 0 Å². The van der Waals surface area contributed by atoms with E-state index in [0.717, 1.165) is 27.9 Å². The van der Waals surface area contributed by atoms with E-state index in [2.05, 4.69) is 28.2 Å². The number of nitriles is 1. The van der Waals surface area contributed by atoms with Crippen molar-refractivity contribution in [3.8, 4) is 6.07 Å². The molecule has 1 aliphatic carbocycles. The van der Waals surface area contributed by atoms with Crippen molar-refractivity contribution in [2.24, 2.45) is 5.92 Å². The first-order valence-electron chi connectivity index (χ1n) is 6.78. The highest BCUT2D eigenvalue weighted by Gasteiger charge is 2.24. The van der Waals surface area contributed by atoms with Crippen LogP contribution < -0.4 is 5.32 Å². The van der Waals surface area contributed by atoms with Crippen LogP contribution in [0.1, 0.15) is 37.5 Å². The Labute approximate surface area is 131 Å². The molecule has 1 saturated carbocycles. The summed E-state index contributed by atoms with van der Waals surface area (Å²) in [4.78, 5) is 13.1. The second kappa shape index (κ2) is 7.05. The van der Waals surface area contributed by atoms with Gasteiger partial charge in [0.25, 0.3) is 5.91 Å². The topological polar surface area (TPSA) is 52.9 Å². The average molecular weight is 353 g/mol. The summed E-state index contributed by atoms with van der Waals surface area (Å²) in [5.74, 6) is 0.235. The van der Waals surface area contributed by atoms with Crippen LogP contribution in [0.2, 0.25) is 0 Å². The van der Waals surface area contributed by atoms with Crippen LogP contribution in [0.25, 0.3) is 6.08 Å². The van der Waals surface area contributed by atoms with Gasteiger partial charge in [-0.05, 0) is 52.9 Å². The fourth-order valence-electron chi connectivity index (χ4n) is 2.47. The number of rotatable bonds is 3. The van der Waals surface area contributed by atoms with Crippen molar-refractivity contribution in [1.29, 1.82) is 5.26 Å². The fraction of sp³-hybridized carbons (Fsp3) is 0.467. The number of carbonyl (C=O) groups is 1. The van der Waals surface area contributed by atoms with Crippen molar-refractivity contribution in [2.45, 2.75) is 38.6 Å². The number of amides is 1. The Kier molecular flexibility index (Phi) is 5.38. The van der Waals surface area contributed by atoms with E-state index in [-0.39, 0.29) is 17.5 Å². The molecule has 1 fully saturated rings. The predicted molar refractivity (Wildman–Crippen MR) is 85.2 cm³/mol. The summed E-state index contributed by atoms with van der Waals surface area (Å²) >= 11 is 4.88. The zero-order chi connectivity index (χ0) is 14.5. The van der Waals surface area contributed by atoms with E-state index in [1.807, 2.05) is 18.2 Å². The minimum absolute atomic E-state index is 0.178. The molecule has 1 aromatic heterocycles. The number of nitrogens with zero attached hydrogens (tertiary/aromatic N) is 1. The minimum Gasteiger partial charge on any atom is -0.348 e. The van der Waals surface area contributed by atoms with E-state index in [0.29, 0.717) is 5.92 Å². The lowest BCUT2D eigenvalue weighted by molar-refractivity contribution is -0.118. The molecule has 0 unspecified atom stereocenters. The Hall–Kier alpha value is -1.12. The second-order valence-corrected chi connectivity index (χ2v) is 7.65. The first-order valence-corrected chi connectivity index (χ1v) is 8.39. The molecule has 0 aromatic carbocycles. The number of carbonyl (C=O) groups excluding carboxylic acids is 1. The normalized spacial score (nSPS) is 23.1. The third-order valence-electron chi connectivity index (χ3n) is 3.67. The fourth-order valence-corrected chi connectivity index (χ4v) is 3.84. The average Bonchev–Trinajstić information content (AvgIpc) is 2.84. The van der Waals surface area contributed by atoms with Crippen molar-refractivity contribution in [1.82, 2.24) is 5.32 Å². The lowest BCUT2D eigenvalue weighted by atomic mass is 9.86. The summed E-state index contributed by atoms with van der Waals surface area (Å²) in [6.07, 6.45) is 6.19. The molecular weight excluding hydrogens is 336 g/mol. The van der Waals surface area contributed by atoms with Crippen molar-refractivity contribution < 1.29 is 4.79 Å². The van der Waals surface area contributed by atoms with Gasteiger partial charge in [-0.1, -0.05) is 19.8 Å². The van der Waals surface area contributed by atoms with Crippen molar-refractivity contribution >= 4 is 39.2 Å². The third-order valence-corrected chi connectivity index (χ3v) is 5.24. The molecule has 0 spiro atoms. The van der Waals surface area contributed by atoms with Crippen LogP contribution >= 0.6 is 27.3 Å². The molecule has 20 heavy (non-hydrogen) atoms. The number of halogens is 1. The van der Waals surface area contributed by atoms with Crippen LogP contribution in [0.4, 0.5) is 0 Å². The Bertz CT molecular complexity index is 558. The minimum atomic E-state index is -0.254. The van der Waals surface area contributed by atoms with Gasteiger partial charge in [0.1, 0.15) is 11.6 Å². The van der Waals surface area contributed by atoms with Gasteiger partial charge in [0.15, 0.2) is 0 Å². The van der Waals surface area contributed by atoms with E-state index in [1.54, 1.807) is 6.08 Å². The number of hydrogen-bond donors (Lipinski definition) is 1. The Morgan fingerprint density at radius 1 is 1.50 bits per heavy atom. The highest BCUT2D eigenvalue weighted by molar-refractivity contribution is 9.11. The van der Waals surface area contributed by atoms with E-state index in [4.69, 9.17) is 0 Å². The maximum absolute atomic E-state index is 12.2. The summed E-state index contributed by atoms with van der Waals surface area (Å²) in [7, 11) is 0. The van der Waals surface area contributed by atoms with E-state index < -0.39 is 0 Å². The van der Waals surface area contributed by atoms with Gasteiger partial charge in [-0.15, -0.1) is 11.3 Å². The van der Waals surface area contributed by atoms with Crippen LogP contribution in [0.5, 0.6) is 0 Å². The molecule has 0 aliphatic heterocycles. The third kappa shape index (κ3) is 3.94. The predicted octanol–water partition coefficient (Wildman–Crippen LogP) is 4.11. The molecule has 2 rings (SSSR count).